The number of carbonyl (C=O) groups excluding carboxylic acids is 1. The molecule has 4 heteroatoms. The molecule has 0 aliphatic carbocycles. The molecule has 2 nitrogen and oxygen atoms in total. The number of hydrogen-bond acceptors (Lipinski definition) is 2. The Balaban J connectivity index is 2.76. The lowest BCUT2D eigenvalue weighted by Gasteiger charge is -2.38. The van der Waals surface area contributed by atoms with Crippen molar-refractivity contribution in [2.24, 2.45) is 0 Å². The van der Waals surface area contributed by atoms with Crippen LogP contribution in [0.25, 0.3) is 0 Å². The summed E-state index contributed by atoms with van der Waals surface area (Å²) >= 11 is 5.27. The van der Waals surface area contributed by atoms with Crippen LogP contribution in [0.2, 0.25) is 0 Å². The van der Waals surface area contributed by atoms with Crippen molar-refractivity contribution in [3.05, 3.63) is 0 Å². The van der Waals surface area contributed by atoms with Crippen LogP contribution in [0.3, 0.4) is 0 Å². The van der Waals surface area contributed by atoms with Crippen LogP contribution in [-0.4, -0.2) is 39.2 Å². The van der Waals surface area contributed by atoms with E-state index in [4.69, 9.17) is 0 Å². The van der Waals surface area contributed by atoms with Crippen LogP contribution in [0.1, 0.15) is 33.6 Å². The largest absolute Gasteiger partial charge is 0.339 e. The number of alkyl halides is 1. The van der Waals surface area contributed by atoms with Crippen molar-refractivity contribution >= 4 is 33.6 Å². The van der Waals surface area contributed by atoms with Crippen molar-refractivity contribution in [1.82, 2.24) is 4.90 Å². The molecule has 1 atom stereocenters. The van der Waals surface area contributed by atoms with Crippen molar-refractivity contribution in [2.45, 2.75) is 43.9 Å². The smallest absolute Gasteiger partial charge is 0.238 e. The van der Waals surface area contributed by atoms with Gasteiger partial charge in [-0.3, -0.25) is 4.79 Å². The maximum atomic E-state index is 12.4. The quantitative estimate of drug-likeness (QED) is 0.746. The van der Waals surface area contributed by atoms with Gasteiger partial charge in [0, 0.05) is 17.9 Å². The molecule has 0 aromatic carbocycles. The summed E-state index contributed by atoms with van der Waals surface area (Å²) < 4.78 is -0.186. The van der Waals surface area contributed by atoms with Crippen molar-refractivity contribution in [2.75, 3.05) is 18.1 Å². The van der Waals surface area contributed by atoms with Gasteiger partial charge in [-0.15, -0.1) is 11.8 Å². The molecule has 1 heterocycles. The van der Waals surface area contributed by atoms with Gasteiger partial charge in [-0.25, -0.2) is 0 Å². The number of rotatable bonds is 3. The Labute approximate surface area is 105 Å². The number of thioether (sulfide) groups is 1. The molecule has 1 amide bonds. The number of nitrogens with zero attached hydrogens (tertiary/aromatic N) is 1. The topological polar surface area (TPSA) is 20.3 Å². The normalized spacial score (nSPS) is 26.7. The van der Waals surface area contributed by atoms with Crippen LogP contribution >= 0.6 is 27.7 Å². The Morgan fingerprint density at radius 2 is 2.20 bits per heavy atom. The summed E-state index contributed by atoms with van der Waals surface area (Å²) in [6, 6.07) is 0. The van der Waals surface area contributed by atoms with Gasteiger partial charge in [0.2, 0.25) is 5.91 Å². The molecule has 1 saturated heterocycles. The predicted molar refractivity (Wildman–Crippen MR) is 70.7 cm³/mol. The van der Waals surface area contributed by atoms with E-state index in [1.54, 1.807) is 11.8 Å². The molecular formula is C11H20BrNOS. The monoisotopic (exact) mass is 293 g/mol. The summed E-state index contributed by atoms with van der Waals surface area (Å²) in [5.74, 6) is 1.39. The van der Waals surface area contributed by atoms with Crippen molar-refractivity contribution in [3.63, 3.8) is 0 Å². The minimum Gasteiger partial charge on any atom is -0.339 e. The lowest BCUT2D eigenvalue weighted by Crippen LogP contribution is -2.52. The second-order valence-corrected chi connectivity index (χ2v) is 7.15. The van der Waals surface area contributed by atoms with Gasteiger partial charge >= 0.3 is 0 Å². The van der Waals surface area contributed by atoms with E-state index in [2.05, 4.69) is 36.7 Å². The molecular weight excluding hydrogens is 274 g/mol. The highest BCUT2D eigenvalue weighted by molar-refractivity contribution is 9.09. The van der Waals surface area contributed by atoms with Crippen molar-refractivity contribution in [1.29, 1.82) is 0 Å². The third-order valence-corrected chi connectivity index (χ3v) is 6.09. The number of amides is 1. The Morgan fingerprint density at radius 1 is 1.60 bits per heavy atom. The SMILES string of the molecule is CN(C(=O)C1(C)CCCS1)C(C)(C)CBr. The van der Waals surface area contributed by atoms with E-state index in [0.717, 1.165) is 23.9 Å². The second kappa shape index (κ2) is 4.66. The highest BCUT2D eigenvalue weighted by Gasteiger charge is 2.42. The Hall–Kier alpha value is 0.300. The molecule has 0 aromatic rings. The van der Waals surface area contributed by atoms with Crippen LogP contribution in [0.4, 0.5) is 0 Å². The minimum absolute atomic E-state index is 0.108. The van der Waals surface area contributed by atoms with Crippen LogP contribution < -0.4 is 0 Å². The van der Waals surface area contributed by atoms with Gasteiger partial charge in [0.05, 0.1) is 4.75 Å². The Morgan fingerprint density at radius 3 is 2.60 bits per heavy atom. The van der Waals surface area contributed by atoms with E-state index in [1.807, 2.05) is 11.9 Å². The maximum Gasteiger partial charge on any atom is 0.238 e. The molecule has 1 fully saturated rings. The summed E-state index contributed by atoms with van der Waals surface area (Å²) in [6.45, 7) is 6.25. The van der Waals surface area contributed by atoms with Gasteiger partial charge in [0.15, 0.2) is 0 Å². The van der Waals surface area contributed by atoms with E-state index in [9.17, 15) is 4.79 Å². The van der Waals surface area contributed by atoms with Crippen LogP contribution in [0, 0.1) is 0 Å². The van der Waals surface area contributed by atoms with E-state index in [0.29, 0.717) is 0 Å². The molecule has 88 valence electrons. The standard InChI is InChI=1S/C11H20BrNOS/c1-10(2,8-12)13(4)9(14)11(3)6-5-7-15-11/h5-8H2,1-4H3. The van der Waals surface area contributed by atoms with Crippen LogP contribution in [0.5, 0.6) is 0 Å². The first kappa shape index (κ1) is 13.4. The summed E-state index contributed by atoms with van der Waals surface area (Å²) in [5, 5.41) is 0.809. The third kappa shape index (κ3) is 2.70. The van der Waals surface area contributed by atoms with Gasteiger partial charge < -0.3 is 4.90 Å². The Bertz CT molecular complexity index is 249. The summed E-state index contributed by atoms with van der Waals surface area (Å²) in [5.41, 5.74) is -0.108. The molecule has 0 radical (unpaired) electrons. The van der Waals surface area contributed by atoms with Gasteiger partial charge in [-0.2, -0.15) is 0 Å². The van der Waals surface area contributed by atoms with Gasteiger partial charge in [-0.05, 0) is 39.4 Å². The first-order valence-electron chi connectivity index (χ1n) is 5.32. The molecule has 1 rings (SSSR count). The van der Waals surface area contributed by atoms with Crippen LogP contribution in [0.15, 0.2) is 0 Å². The number of halogens is 1. The average Bonchev–Trinajstić information content (AvgIpc) is 2.64. The molecule has 0 N–H and O–H groups in total. The fourth-order valence-corrected chi connectivity index (χ4v) is 3.33. The fourth-order valence-electron chi connectivity index (χ4n) is 1.67. The zero-order chi connectivity index (χ0) is 11.7. The summed E-state index contributed by atoms with van der Waals surface area (Å²) in [7, 11) is 1.91. The van der Waals surface area contributed by atoms with Crippen molar-refractivity contribution in [3.8, 4) is 0 Å². The fraction of sp³-hybridized carbons (Fsp3) is 0.909. The molecule has 1 aliphatic heterocycles. The van der Waals surface area contributed by atoms with Crippen molar-refractivity contribution < 1.29 is 4.79 Å². The molecule has 1 unspecified atom stereocenters. The molecule has 0 saturated carbocycles. The van der Waals surface area contributed by atoms with Gasteiger partial charge in [0.25, 0.3) is 0 Å². The van der Waals surface area contributed by atoms with Crippen LogP contribution in [-0.2, 0) is 4.79 Å². The lowest BCUT2D eigenvalue weighted by molar-refractivity contribution is -0.136. The molecule has 0 bridgehead atoms. The predicted octanol–water partition coefficient (Wildman–Crippen LogP) is 2.90. The lowest BCUT2D eigenvalue weighted by atomic mass is 9.99. The van der Waals surface area contributed by atoms with Gasteiger partial charge in [-0.1, -0.05) is 15.9 Å². The van der Waals surface area contributed by atoms with E-state index < -0.39 is 0 Å². The molecule has 1 aliphatic rings. The molecule has 0 aromatic heterocycles. The summed E-state index contributed by atoms with van der Waals surface area (Å²) in [6.07, 6.45) is 2.18. The van der Waals surface area contributed by atoms with E-state index in [1.165, 1.54) is 0 Å². The number of carbonyl (C=O) groups is 1. The highest BCUT2D eigenvalue weighted by atomic mass is 79.9. The van der Waals surface area contributed by atoms with E-state index in [-0.39, 0.29) is 16.2 Å². The van der Waals surface area contributed by atoms with Gasteiger partial charge in [0.1, 0.15) is 0 Å². The number of hydrogen-bond donors (Lipinski definition) is 0. The molecule has 0 spiro atoms. The first-order valence-corrected chi connectivity index (χ1v) is 7.42. The third-order valence-electron chi connectivity index (χ3n) is 3.21. The summed E-state index contributed by atoms with van der Waals surface area (Å²) in [4.78, 5) is 14.2. The Kier molecular flexibility index (Phi) is 4.15. The zero-order valence-corrected chi connectivity index (χ0v) is 12.4. The zero-order valence-electron chi connectivity index (χ0n) is 9.97. The second-order valence-electron chi connectivity index (χ2n) is 4.99. The first-order chi connectivity index (χ1) is 6.83. The molecule has 15 heavy (non-hydrogen) atoms. The highest BCUT2D eigenvalue weighted by Crippen LogP contribution is 2.40. The van der Waals surface area contributed by atoms with E-state index >= 15 is 0 Å². The minimum atomic E-state index is -0.186. The maximum absolute atomic E-state index is 12.4. The average molecular weight is 294 g/mol.